The van der Waals surface area contributed by atoms with E-state index in [1.54, 1.807) is 6.92 Å². The minimum atomic E-state index is -0.922. The maximum Gasteiger partial charge on any atom is 0.339 e. The Morgan fingerprint density at radius 3 is 2.71 bits per heavy atom. The number of aromatic carboxylic acids is 1. The van der Waals surface area contributed by atoms with Crippen LogP contribution in [0, 0.1) is 19.8 Å². The molecule has 5 nitrogen and oxygen atoms in total. The van der Waals surface area contributed by atoms with Crippen LogP contribution in [-0.2, 0) is 0 Å². The van der Waals surface area contributed by atoms with Gasteiger partial charge in [0.25, 0.3) is 0 Å². The lowest BCUT2D eigenvalue weighted by atomic mass is 10.1. The molecule has 1 atom stereocenters. The SMILES string of the molecule is Cc1cc(NCC(C)CN2CCCC2)c(C(=O)O)c(C)n1. The second-order valence-electron chi connectivity index (χ2n) is 6.07. The van der Waals surface area contributed by atoms with E-state index in [0.29, 0.717) is 17.3 Å². The third-order valence-corrected chi connectivity index (χ3v) is 3.95. The standard InChI is InChI=1S/C16H25N3O2/c1-11(10-19-6-4-5-7-19)9-17-14-8-12(2)18-13(3)15(14)16(20)21/h8,11H,4-7,9-10H2,1-3H3,(H,17,18)(H,20,21). The Bertz CT molecular complexity index is 510. The van der Waals surface area contributed by atoms with Crippen molar-refractivity contribution in [2.45, 2.75) is 33.6 Å². The highest BCUT2D eigenvalue weighted by Crippen LogP contribution is 2.20. The van der Waals surface area contributed by atoms with Gasteiger partial charge in [0.15, 0.2) is 0 Å². The monoisotopic (exact) mass is 291 g/mol. The van der Waals surface area contributed by atoms with E-state index in [9.17, 15) is 9.90 Å². The quantitative estimate of drug-likeness (QED) is 0.843. The number of carbonyl (C=O) groups is 1. The molecule has 1 aliphatic heterocycles. The van der Waals surface area contributed by atoms with Gasteiger partial charge in [0.05, 0.1) is 11.4 Å². The summed E-state index contributed by atoms with van der Waals surface area (Å²) in [4.78, 5) is 18.1. The van der Waals surface area contributed by atoms with Gasteiger partial charge in [0, 0.05) is 18.8 Å². The lowest BCUT2D eigenvalue weighted by Crippen LogP contribution is -2.29. The molecular formula is C16H25N3O2. The van der Waals surface area contributed by atoms with Crippen molar-refractivity contribution in [1.29, 1.82) is 0 Å². The molecule has 116 valence electrons. The first-order valence-electron chi connectivity index (χ1n) is 7.65. The smallest absolute Gasteiger partial charge is 0.339 e. The van der Waals surface area contributed by atoms with E-state index in [2.05, 4.69) is 22.1 Å². The lowest BCUT2D eigenvalue weighted by Gasteiger charge is -2.21. The molecule has 1 aromatic heterocycles. The zero-order valence-corrected chi connectivity index (χ0v) is 13.1. The predicted molar refractivity (Wildman–Crippen MR) is 84.0 cm³/mol. The third kappa shape index (κ3) is 4.17. The molecule has 0 radical (unpaired) electrons. The van der Waals surface area contributed by atoms with Crippen LogP contribution in [0.25, 0.3) is 0 Å². The van der Waals surface area contributed by atoms with E-state index in [-0.39, 0.29) is 5.56 Å². The summed E-state index contributed by atoms with van der Waals surface area (Å²) in [6, 6.07) is 1.82. The average molecular weight is 291 g/mol. The van der Waals surface area contributed by atoms with E-state index < -0.39 is 5.97 Å². The van der Waals surface area contributed by atoms with Crippen molar-refractivity contribution in [3.8, 4) is 0 Å². The zero-order valence-electron chi connectivity index (χ0n) is 13.1. The number of carboxylic acid groups (broad SMARTS) is 1. The number of aryl methyl sites for hydroxylation is 2. The number of nitrogens with one attached hydrogen (secondary N) is 1. The van der Waals surface area contributed by atoms with Crippen LogP contribution in [0.2, 0.25) is 0 Å². The van der Waals surface area contributed by atoms with Gasteiger partial charge in [-0.1, -0.05) is 6.92 Å². The average Bonchev–Trinajstić information content (AvgIpc) is 2.87. The molecule has 0 saturated carbocycles. The molecule has 1 aromatic rings. The van der Waals surface area contributed by atoms with Gasteiger partial charge in [-0.05, 0) is 51.8 Å². The molecule has 0 aromatic carbocycles. The predicted octanol–water partition coefficient (Wildman–Crippen LogP) is 2.54. The molecule has 0 aliphatic carbocycles. The first kappa shape index (κ1) is 15.8. The molecule has 21 heavy (non-hydrogen) atoms. The highest BCUT2D eigenvalue weighted by atomic mass is 16.4. The number of likely N-dealkylation sites (tertiary alicyclic amines) is 1. The van der Waals surface area contributed by atoms with Gasteiger partial charge >= 0.3 is 5.97 Å². The van der Waals surface area contributed by atoms with Crippen LogP contribution in [-0.4, -0.2) is 47.1 Å². The van der Waals surface area contributed by atoms with E-state index in [4.69, 9.17) is 0 Å². The van der Waals surface area contributed by atoms with E-state index >= 15 is 0 Å². The highest BCUT2D eigenvalue weighted by Gasteiger charge is 2.17. The molecule has 0 spiro atoms. The number of hydrogen-bond acceptors (Lipinski definition) is 4. The van der Waals surface area contributed by atoms with Crippen molar-refractivity contribution in [3.63, 3.8) is 0 Å². The van der Waals surface area contributed by atoms with E-state index in [1.165, 1.54) is 25.9 Å². The summed E-state index contributed by atoms with van der Waals surface area (Å²) in [7, 11) is 0. The van der Waals surface area contributed by atoms with E-state index in [0.717, 1.165) is 18.8 Å². The minimum Gasteiger partial charge on any atom is -0.478 e. The van der Waals surface area contributed by atoms with Crippen molar-refractivity contribution >= 4 is 11.7 Å². The number of nitrogens with zero attached hydrogens (tertiary/aromatic N) is 2. The van der Waals surface area contributed by atoms with Crippen LogP contribution in [0.4, 0.5) is 5.69 Å². The van der Waals surface area contributed by atoms with Gasteiger partial charge < -0.3 is 15.3 Å². The number of hydrogen-bond donors (Lipinski definition) is 2. The van der Waals surface area contributed by atoms with Gasteiger partial charge in [0.2, 0.25) is 0 Å². The second kappa shape index (κ2) is 6.89. The fourth-order valence-corrected chi connectivity index (χ4v) is 2.99. The fourth-order valence-electron chi connectivity index (χ4n) is 2.99. The largest absolute Gasteiger partial charge is 0.478 e. The summed E-state index contributed by atoms with van der Waals surface area (Å²) in [6.45, 7) is 10.1. The Labute approximate surface area is 126 Å². The normalized spacial score (nSPS) is 16.9. The lowest BCUT2D eigenvalue weighted by molar-refractivity contribution is 0.0696. The van der Waals surface area contributed by atoms with Crippen LogP contribution in [0.1, 0.15) is 41.5 Å². The molecule has 2 rings (SSSR count). The first-order chi connectivity index (χ1) is 9.97. The van der Waals surface area contributed by atoms with Crippen molar-refractivity contribution in [2.75, 3.05) is 31.5 Å². The molecule has 5 heteroatoms. The molecule has 1 fully saturated rings. The number of pyridine rings is 1. The molecule has 0 amide bonds. The zero-order chi connectivity index (χ0) is 15.4. The van der Waals surface area contributed by atoms with Crippen LogP contribution < -0.4 is 5.32 Å². The molecule has 0 bridgehead atoms. The maximum absolute atomic E-state index is 11.4. The maximum atomic E-state index is 11.4. The van der Waals surface area contributed by atoms with Gasteiger partial charge in [-0.25, -0.2) is 4.79 Å². The summed E-state index contributed by atoms with van der Waals surface area (Å²) >= 11 is 0. The van der Waals surface area contributed by atoms with Crippen LogP contribution in [0.3, 0.4) is 0 Å². The Hall–Kier alpha value is -1.62. The summed E-state index contributed by atoms with van der Waals surface area (Å²) in [5.41, 5.74) is 2.37. The summed E-state index contributed by atoms with van der Waals surface area (Å²) in [5, 5.41) is 12.6. The summed E-state index contributed by atoms with van der Waals surface area (Å²) < 4.78 is 0. The van der Waals surface area contributed by atoms with Crippen molar-refractivity contribution in [2.24, 2.45) is 5.92 Å². The van der Waals surface area contributed by atoms with Crippen molar-refractivity contribution in [1.82, 2.24) is 9.88 Å². The molecule has 2 heterocycles. The second-order valence-corrected chi connectivity index (χ2v) is 6.07. The molecule has 1 saturated heterocycles. The van der Waals surface area contributed by atoms with Gasteiger partial charge in [-0.2, -0.15) is 0 Å². The number of rotatable bonds is 6. The van der Waals surface area contributed by atoms with Gasteiger partial charge in [-0.3, -0.25) is 4.98 Å². The Balaban J connectivity index is 2.00. The van der Waals surface area contributed by atoms with Crippen LogP contribution in [0.15, 0.2) is 6.07 Å². The number of carboxylic acids is 1. The first-order valence-corrected chi connectivity index (χ1v) is 7.65. The Kier molecular flexibility index (Phi) is 5.17. The number of anilines is 1. The number of aromatic nitrogens is 1. The summed E-state index contributed by atoms with van der Waals surface area (Å²) in [6.07, 6.45) is 2.60. The highest BCUT2D eigenvalue weighted by molar-refractivity contribution is 5.95. The van der Waals surface area contributed by atoms with Crippen molar-refractivity contribution < 1.29 is 9.90 Å². The van der Waals surface area contributed by atoms with Crippen molar-refractivity contribution in [3.05, 3.63) is 23.0 Å². The fraction of sp³-hybridized carbons (Fsp3) is 0.625. The topological polar surface area (TPSA) is 65.5 Å². The van der Waals surface area contributed by atoms with Crippen LogP contribution in [0.5, 0.6) is 0 Å². The third-order valence-electron chi connectivity index (χ3n) is 3.95. The van der Waals surface area contributed by atoms with E-state index in [1.807, 2.05) is 13.0 Å². The van der Waals surface area contributed by atoms with Gasteiger partial charge in [0.1, 0.15) is 5.56 Å². The molecular weight excluding hydrogens is 266 g/mol. The Morgan fingerprint density at radius 2 is 2.10 bits per heavy atom. The molecule has 2 N–H and O–H groups in total. The Morgan fingerprint density at radius 1 is 1.43 bits per heavy atom. The molecule has 1 unspecified atom stereocenters. The summed E-state index contributed by atoms with van der Waals surface area (Å²) in [5.74, 6) is -0.437. The van der Waals surface area contributed by atoms with Crippen LogP contribution >= 0.6 is 0 Å². The molecule has 1 aliphatic rings. The minimum absolute atomic E-state index is 0.286. The van der Waals surface area contributed by atoms with Gasteiger partial charge in [-0.15, -0.1) is 0 Å².